The molecule has 1 fully saturated rings. The van der Waals surface area contributed by atoms with Gasteiger partial charge >= 0.3 is 0 Å². The summed E-state index contributed by atoms with van der Waals surface area (Å²) in [5, 5.41) is 3.33. The molecule has 100 valence electrons. The topological polar surface area (TPSA) is 47.3 Å². The Morgan fingerprint density at radius 1 is 1.44 bits per heavy atom. The van der Waals surface area contributed by atoms with Crippen molar-refractivity contribution >= 4 is 0 Å². The fourth-order valence-electron chi connectivity index (χ4n) is 2.53. The summed E-state index contributed by atoms with van der Waals surface area (Å²) in [5.41, 5.74) is 7.01. The number of hydrogen-bond donors (Lipinski definition) is 2. The Morgan fingerprint density at radius 3 is 2.78 bits per heavy atom. The Hall–Kier alpha value is -1.13. The van der Waals surface area contributed by atoms with Crippen molar-refractivity contribution in [2.45, 2.75) is 25.3 Å². The number of benzene rings is 1. The highest BCUT2D eigenvalue weighted by Crippen LogP contribution is 2.27. The summed E-state index contributed by atoms with van der Waals surface area (Å²) in [7, 11) is 1.47. The molecule has 0 radical (unpaired) electrons. The van der Waals surface area contributed by atoms with E-state index in [4.69, 9.17) is 10.5 Å². The first-order valence-corrected chi connectivity index (χ1v) is 6.50. The van der Waals surface area contributed by atoms with Gasteiger partial charge in [-0.2, -0.15) is 0 Å². The van der Waals surface area contributed by atoms with Gasteiger partial charge in [0, 0.05) is 6.04 Å². The number of halogens is 1. The van der Waals surface area contributed by atoms with E-state index in [1.807, 2.05) is 6.07 Å². The van der Waals surface area contributed by atoms with Gasteiger partial charge < -0.3 is 15.8 Å². The Labute approximate surface area is 108 Å². The zero-order valence-electron chi connectivity index (χ0n) is 10.8. The third kappa shape index (κ3) is 3.21. The van der Waals surface area contributed by atoms with E-state index in [0.717, 1.165) is 37.9 Å². The van der Waals surface area contributed by atoms with Crippen molar-refractivity contribution in [3.63, 3.8) is 0 Å². The Bertz CT molecular complexity index is 391. The quantitative estimate of drug-likeness (QED) is 0.864. The van der Waals surface area contributed by atoms with Crippen molar-refractivity contribution in [3.05, 3.63) is 29.6 Å². The highest BCUT2D eigenvalue weighted by molar-refractivity contribution is 5.30. The minimum absolute atomic E-state index is 0.0893. The molecule has 0 amide bonds. The maximum Gasteiger partial charge on any atom is 0.165 e. The third-order valence-corrected chi connectivity index (χ3v) is 3.65. The van der Waals surface area contributed by atoms with Crippen LogP contribution < -0.4 is 15.8 Å². The van der Waals surface area contributed by atoms with Crippen molar-refractivity contribution in [1.29, 1.82) is 0 Å². The molecule has 0 aromatic heterocycles. The summed E-state index contributed by atoms with van der Waals surface area (Å²) in [5.74, 6) is 0.579. The molecule has 1 aliphatic rings. The second-order valence-corrected chi connectivity index (χ2v) is 4.93. The van der Waals surface area contributed by atoms with Gasteiger partial charge in [0.2, 0.25) is 0 Å². The molecule has 3 nitrogen and oxygen atoms in total. The van der Waals surface area contributed by atoms with Crippen molar-refractivity contribution < 1.29 is 9.13 Å². The minimum Gasteiger partial charge on any atom is -0.494 e. The maximum absolute atomic E-state index is 13.6. The van der Waals surface area contributed by atoms with E-state index >= 15 is 0 Å². The van der Waals surface area contributed by atoms with Gasteiger partial charge in [-0.1, -0.05) is 6.07 Å². The molecule has 18 heavy (non-hydrogen) atoms. The van der Waals surface area contributed by atoms with Gasteiger partial charge in [-0.05, 0) is 56.0 Å². The van der Waals surface area contributed by atoms with Crippen LogP contribution in [0.1, 0.15) is 30.9 Å². The Kier molecular flexibility index (Phi) is 4.55. The Morgan fingerprint density at radius 2 is 2.17 bits per heavy atom. The molecule has 1 saturated heterocycles. The van der Waals surface area contributed by atoms with E-state index in [1.165, 1.54) is 13.2 Å². The van der Waals surface area contributed by atoms with E-state index in [1.54, 1.807) is 6.07 Å². The van der Waals surface area contributed by atoms with Crippen LogP contribution in [-0.4, -0.2) is 20.2 Å². The largest absolute Gasteiger partial charge is 0.494 e. The molecule has 1 heterocycles. The zero-order valence-corrected chi connectivity index (χ0v) is 10.8. The summed E-state index contributed by atoms with van der Waals surface area (Å²) >= 11 is 0. The molecule has 1 unspecified atom stereocenters. The van der Waals surface area contributed by atoms with Gasteiger partial charge in [0.25, 0.3) is 0 Å². The molecule has 1 aromatic rings. The van der Waals surface area contributed by atoms with Gasteiger partial charge in [-0.25, -0.2) is 4.39 Å². The number of nitrogens with two attached hydrogens (primary N) is 1. The summed E-state index contributed by atoms with van der Waals surface area (Å²) in [4.78, 5) is 0. The van der Waals surface area contributed by atoms with Crippen molar-refractivity contribution in [1.82, 2.24) is 5.32 Å². The normalized spacial score (nSPS) is 18.6. The van der Waals surface area contributed by atoms with Crippen LogP contribution in [0.15, 0.2) is 18.2 Å². The number of hydrogen-bond acceptors (Lipinski definition) is 3. The van der Waals surface area contributed by atoms with Crippen LogP contribution in [-0.2, 0) is 0 Å². The van der Waals surface area contributed by atoms with Crippen LogP contribution >= 0.6 is 0 Å². The first-order chi connectivity index (χ1) is 8.70. The molecule has 1 aliphatic heterocycles. The highest BCUT2D eigenvalue weighted by atomic mass is 19.1. The molecular formula is C14H21FN2O. The fraction of sp³-hybridized carbons (Fsp3) is 0.571. The summed E-state index contributed by atoms with van der Waals surface area (Å²) in [6, 6.07) is 4.90. The molecule has 4 heteroatoms. The van der Waals surface area contributed by atoms with Gasteiger partial charge in [0.1, 0.15) is 0 Å². The van der Waals surface area contributed by atoms with Gasteiger partial charge in [-0.15, -0.1) is 0 Å². The molecule has 0 bridgehead atoms. The van der Waals surface area contributed by atoms with Crippen LogP contribution in [0.25, 0.3) is 0 Å². The summed E-state index contributed by atoms with van der Waals surface area (Å²) in [6.07, 6.45) is 3.24. The van der Waals surface area contributed by atoms with Crippen molar-refractivity contribution in [3.8, 4) is 5.75 Å². The van der Waals surface area contributed by atoms with Crippen LogP contribution in [0.3, 0.4) is 0 Å². The van der Waals surface area contributed by atoms with Crippen LogP contribution in [0.5, 0.6) is 5.75 Å². The predicted molar refractivity (Wildman–Crippen MR) is 70.1 cm³/mol. The van der Waals surface area contributed by atoms with E-state index < -0.39 is 0 Å². The molecule has 2 rings (SSSR count). The maximum atomic E-state index is 13.6. The van der Waals surface area contributed by atoms with Gasteiger partial charge in [0.15, 0.2) is 11.6 Å². The van der Waals surface area contributed by atoms with Crippen LogP contribution in [0.4, 0.5) is 4.39 Å². The average molecular weight is 252 g/mol. The summed E-state index contributed by atoms with van der Waals surface area (Å²) in [6.45, 7) is 2.13. The minimum atomic E-state index is -0.337. The number of methoxy groups -OCH3 is 1. The van der Waals surface area contributed by atoms with E-state index in [0.29, 0.717) is 5.92 Å². The van der Waals surface area contributed by atoms with E-state index in [9.17, 15) is 4.39 Å². The fourth-order valence-corrected chi connectivity index (χ4v) is 2.53. The lowest BCUT2D eigenvalue weighted by Gasteiger charge is -2.25. The van der Waals surface area contributed by atoms with E-state index in [2.05, 4.69) is 5.32 Å². The van der Waals surface area contributed by atoms with Crippen molar-refractivity contribution in [2.75, 3.05) is 20.2 Å². The third-order valence-electron chi connectivity index (χ3n) is 3.65. The lowest BCUT2D eigenvalue weighted by molar-refractivity contribution is 0.332. The second-order valence-electron chi connectivity index (χ2n) is 4.93. The lowest BCUT2D eigenvalue weighted by Crippen LogP contribution is -2.29. The SMILES string of the molecule is COc1ccc(C(N)CC2CCNCC2)cc1F. The molecule has 0 spiro atoms. The lowest BCUT2D eigenvalue weighted by atomic mass is 9.89. The molecule has 3 N–H and O–H groups in total. The smallest absolute Gasteiger partial charge is 0.165 e. The molecule has 0 saturated carbocycles. The first-order valence-electron chi connectivity index (χ1n) is 6.50. The average Bonchev–Trinajstić information content (AvgIpc) is 2.39. The number of piperidine rings is 1. The van der Waals surface area contributed by atoms with Crippen LogP contribution in [0, 0.1) is 11.7 Å². The van der Waals surface area contributed by atoms with Crippen LogP contribution in [0.2, 0.25) is 0 Å². The predicted octanol–water partition coefficient (Wildman–Crippen LogP) is 2.22. The second kappa shape index (κ2) is 6.16. The van der Waals surface area contributed by atoms with Gasteiger partial charge in [-0.3, -0.25) is 0 Å². The monoisotopic (exact) mass is 252 g/mol. The van der Waals surface area contributed by atoms with E-state index in [-0.39, 0.29) is 17.6 Å². The standard InChI is InChI=1S/C14H21FN2O/c1-18-14-3-2-11(9-12(14)15)13(16)8-10-4-6-17-7-5-10/h2-3,9-10,13,17H,4-8,16H2,1H3. The number of nitrogens with one attached hydrogen (secondary N) is 1. The summed E-state index contributed by atoms with van der Waals surface area (Å²) < 4.78 is 18.5. The number of rotatable bonds is 4. The first kappa shape index (κ1) is 13.3. The molecule has 1 aromatic carbocycles. The van der Waals surface area contributed by atoms with Gasteiger partial charge in [0.05, 0.1) is 7.11 Å². The molecular weight excluding hydrogens is 231 g/mol. The Balaban J connectivity index is 1.99. The zero-order chi connectivity index (χ0) is 13.0. The number of ether oxygens (including phenoxy) is 1. The van der Waals surface area contributed by atoms with Crippen molar-refractivity contribution in [2.24, 2.45) is 11.7 Å². The molecule has 0 aliphatic carbocycles. The molecule has 1 atom stereocenters. The highest BCUT2D eigenvalue weighted by Gasteiger charge is 2.18.